The number of aromatic nitrogens is 1. The molecule has 1 aromatic carbocycles. The number of carboxylic acids is 1. The van der Waals surface area contributed by atoms with Crippen LogP contribution in [-0.4, -0.2) is 22.1 Å². The van der Waals surface area contributed by atoms with Gasteiger partial charge >= 0.3 is 5.97 Å². The summed E-state index contributed by atoms with van der Waals surface area (Å²) in [6.07, 6.45) is 0. The van der Waals surface area contributed by atoms with E-state index in [0.717, 1.165) is 11.2 Å². The largest absolute Gasteiger partial charge is 0.480 e. The van der Waals surface area contributed by atoms with E-state index in [9.17, 15) is 4.79 Å². The van der Waals surface area contributed by atoms with Crippen molar-refractivity contribution in [3.63, 3.8) is 0 Å². The SMILES string of the molecule is CC(Nc1ccc2oc(C(C)C)nc2c1)C(=O)O. The summed E-state index contributed by atoms with van der Waals surface area (Å²) in [4.78, 5) is 15.1. The fourth-order valence-corrected chi connectivity index (χ4v) is 1.59. The Bertz CT molecular complexity index is 575. The molecule has 96 valence electrons. The molecule has 2 aromatic rings. The van der Waals surface area contributed by atoms with E-state index in [1.54, 1.807) is 25.1 Å². The van der Waals surface area contributed by atoms with Gasteiger partial charge in [-0.2, -0.15) is 0 Å². The first-order valence-electron chi connectivity index (χ1n) is 5.87. The molecule has 0 aliphatic heterocycles. The topological polar surface area (TPSA) is 75.4 Å². The Hall–Kier alpha value is -2.04. The van der Waals surface area contributed by atoms with Gasteiger partial charge < -0.3 is 14.8 Å². The Morgan fingerprint density at radius 3 is 2.72 bits per heavy atom. The van der Waals surface area contributed by atoms with Gasteiger partial charge in [-0.05, 0) is 25.1 Å². The Morgan fingerprint density at radius 2 is 2.11 bits per heavy atom. The van der Waals surface area contributed by atoms with Gasteiger partial charge in [0.1, 0.15) is 11.6 Å². The van der Waals surface area contributed by atoms with Crippen molar-refractivity contribution < 1.29 is 14.3 Å². The molecule has 1 unspecified atom stereocenters. The van der Waals surface area contributed by atoms with Crippen LogP contribution in [0.1, 0.15) is 32.6 Å². The molecule has 0 aliphatic carbocycles. The number of rotatable bonds is 4. The summed E-state index contributed by atoms with van der Waals surface area (Å²) >= 11 is 0. The number of carboxylic acid groups (broad SMARTS) is 1. The number of benzene rings is 1. The van der Waals surface area contributed by atoms with Gasteiger partial charge in [0.05, 0.1) is 0 Å². The smallest absolute Gasteiger partial charge is 0.325 e. The number of nitrogens with one attached hydrogen (secondary N) is 1. The Balaban J connectivity index is 2.29. The van der Waals surface area contributed by atoms with Crippen molar-refractivity contribution in [3.8, 4) is 0 Å². The summed E-state index contributed by atoms with van der Waals surface area (Å²) in [5, 5.41) is 11.7. The van der Waals surface area contributed by atoms with Crippen molar-refractivity contribution in [1.82, 2.24) is 4.98 Å². The van der Waals surface area contributed by atoms with Gasteiger partial charge in [-0.1, -0.05) is 13.8 Å². The standard InChI is InChI=1S/C13H16N2O3/c1-7(2)12-15-10-6-9(4-5-11(10)18-12)14-8(3)13(16)17/h4-8,14H,1-3H3,(H,16,17). The number of nitrogens with zero attached hydrogens (tertiary/aromatic N) is 1. The van der Waals surface area contributed by atoms with E-state index in [1.807, 2.05) is 13.8 Å². The zero-order valence-corrected chi connectivity index (χ0v) is 10.6. The molecule has 0 fully saturated rings. The maximum Gasteiger partial charge on any atom is 0.325 e. The maximum absolute atomic E-state index is 10.8. The second-order valence-electron chi connectivity index (χ2n) is 4.59. The molecule has 2 N–H and O–H groups in total. The average molecular weight is 248 g/mol. The molecular weight excluding hydrogens is 232 g/mol. The number of oxazole rings is 1. The Labute approximate surface area is 105 Å². The lowest BCUT2D eigenvalue weighted by molar-refractivity contribution is -0.137. The first kappa shape index (κ1) is 12.4. The molecule has 0 saturated carbocycles. The highest BCUT2D eigenvalue weighted by Crippen LogP contribution is 2.23. The molecule has 0 amide bonds. The lowest BCUT2D eigenvalue weighted by Gasteiger charge is -2.09. The van der Waals surface area contributed by atoms with Crippen LogP contribution in [0.15, 0.2) is 22.6 Å². The number of hydrogen-bond donors (Lipinski definition) is 2. The summed E-state index contributed by atoms with van der Waals surface area (Å²) in [5.41, 5.74) is 2.18. The van der Waals surface area contributed by atoms with Crippen LogP contribution in [0.5, 0.6) is 0 Å². The number of carbonyl (C=O) groups is 1. The number of anilines is 1. The van der Waals surface area contributed by atoms with E-state index in [0.29, 0.717) is 11.5 Å². The molecule has 0 radical (unpaired) electrons. The van der Waals surface area contributed by atoms with E-state index in [1.165, 1.54) is 0 Å². The van der Waals surface area contributed by atoms with Crippen LogP contribution in [0.3, 0.4) is 0 Å². The van der Waals surface area contributed by atoms with Crippen LogP contribution in [0.25, 0.3) is 11.1 Å². The second-order valence-corrected chi connectivity index (χ2v) is 4.59. The first-order chi connectivity index (χ1) is 8.47. The van der Waals surface area contributed by atoms with Crippen LogP contribution < -0.4 is 5.32 Å². The molecule has 0 bridgehead atoms. The molecule has 2 rings (SSSR count). The third-order valence-corrected chi connectivity index (χ3v) is 2.65. The van der Waals surface area contributed by atoms with E-state index in [4.69, 9.17) is 9.52 Å². The van der Waals surface area contributed by atoms with Crippen molar-refractivity contribution in [1.29, 1.82) is 0 Å². The zero-order valence-electron chi connectivity index (χ0n) is 10.6. The zero-order chi connectivity index (χ0) is 13.3. The van der Waals surface area contributed by atoms with E-state index >= 15 is 0 Å². The number of aliphatic carboxylic acids is 1. The highest BCUT2D eigenvalue weighted by Gasteiger charge is 2.12. The van der Waals surface area contributed by atoms with E-state index in [-0.39, 0.29) is 5.92 Å². The van der Waals surface area contributed by atoms with Crippen LogP contribution in [0.4, 0.5) is 5.69 Å². The molecule has 0 spiro atoms. The van der Waals surface area contributed by atoms with Gasteiger partial charge in [0.25, 0.3) is 0 Å². The first-order valence-corrected chi connectivity index (χ1v) is 5.87. The summed E-state index contributed by atoms with van der Waals surface area (Å²) in [6.45, 7) is 5.61. The van der Waals surface area contributed by atoms with Gasteiger partial charge in [-0.3, -0.25) is 4.79 Å². The second kappa shape index (κ2) is 4.68. The van der Waals surface area contributed by atoms with Gasteiger partial charge in [0, 0.05) is 11.6 Å². The minimum Gasteiger partial charge on any atom is -0.480 e. The highest BCUT2D eigenvalue weighted by atomic mass is 16.4. The predicted molar refractivity (Wildman–Crippen MR) is 68.8 cm³/mol. The monoisotopic (exact) mass is 248 g/mol. The van der Waals surface area contributed by atoms with Crippen molar-refractivity contribution in [2.45, 2.75) is 32.7 Å². The summed E-state index contributed by atoms with van der Waals surface area (Å²) < 4.78 is 5.58. The van der Waals surface area contributed by atoms with Crippen molar-refractivity contribution in [3.05, 3.63) is 24.1 Å². The molecule has 5 nitrogen and oxygen atoms in total. The summed E-state index contributed by atoms with van der Waals surface area (Å²) in [5.74, 6) is 0.0262. The van der Waals surface area contributed by atoms with Crippen LogP contribution >= 0.6 is 0 Å². The fourth-order valence-electron chi connectivity index (χ4n) is 1.59. The third-order valence-electron chi connectivity index (χ3n) is 2.65. The van der Waals surface area contributed by atoms with Crippen LogP contribution in [0.2, 0.25) is 0 Å². The molecule has 0 aliphatic rings. The number of fused-ring (bicyclic) bond motifs is 1. The molecular formula is C13H16N2O3. The Kier molecular flexibility index (Phi) is 3.23. The molecule has 1 heterocycles. The van der Waals surface area contributed by atoms with E-state index < -0.39 is 12.0 Å². The minimum atomic E-state index is -0.891. The van der Waals surface area contributed by atoms with Crippen LogP contribution in [0, 0.1) is 0 Å². The average Bonchev–Trinajstić information content (AvgIpc) is 2.71. The van der Waals surface area contributed by atoms with Gasteiger partial charge in [0.15, 0.2) is 11.5 Å². The summed E-state index contributed by atoms with van der Waals surface area (Å²) in [7, 11) is 0. The molecule has 18 heavy (non-hydrogen) atoms. The fraction of sp³-hybridized carbons (Fsp3) is 0.385. The third kappa shape index (κ3) is 2.45. The molecule has 0 saturated heterocycles. The lowest BCUT2D eigenvalue weighted by Crippen LogP contribution is -2.25. The van der Waals surface area contributed by atoms with Gasteiger partial charge in [-0.15, -0.1) is 0 Å². The highest BCUT2D eigenvalue weighted by molar-refractivity contribution is 5.81. The predicted octanol–water partition coefficient (Wildman–Crippen LogP) is 2.84. The Morgan fingerprint density at radius 1 is 1.39 bits per heavy atom. The van der Waals surface area contributed by atoms with Crippen molar-refractivity contribution in [2.24, 2.45) is 0 Å². The molecule has 1 atom stereocenters. The van der Waals surface area contributed by atoms with Crippen LogP contribution in [-0.2, 0) is 4.79 Å². The molecule has 1 aromatic heterocycles. The van der Waals surface area contributed by atoms with E-state index in [2.05, 4.69) is 10.3 Å². The number of hydrogen-bond acceptors (Lipinski definition) is 4. The minimum absolute atomic E-state index is 0.228. The maximum atomic E-state index is 10.8. The quantitative estimate of drug-likeness (QED) is 0.870. The lowest BCUT2D eigenvalue weighted by atomic mass is 10.2. The van der Waals surface area contributed by atoms with Crippen molar-refractivity contribution in [2.75, 3.05) is 5.32 Å². The molecule has 5 heteroatoms. The van der Waals surface area contributed by atoms with Crippen molar-refractivity contribution >= 4 is 22.8 Å². The van der Waals surface area contributed by atoms with Gasteiger partial charge in [-0.25, -0.2) is 4.98 Å². The summed E-state index contributed by atoms with van der Waals surface area (Å²) in [6, 6.07) is 4.74. The van der Waals surface area contributed by atoms with Gasteiger partial charge in [0.2, 0.25) is 0 Å². The normalized spacial score (nSPS) is 12.9.